The van der Waals surface area contributed by atoms with Gasteiger partial charge in [-0.05, 0) is 24.0 Å². The quantitative estimate of drug-likeness (QED) is 0.381. The Morgan fingerprint density at radius 1 is 0.575 bits per heavy atom. The van der Waals surface area contributed by atoms with Crippen molar-refractivity contribution >= 4 is 11.8 Å². The van der Waals surface area contributed by atoms with Gasteiger partial charge >= 0.3 is 0 Å². The van der Waals surface area contributed by atoms with Crippen LogP contribution in [0.4, 0.5) is 0 Å². The molecule has 4 rings (SSSR count). The molecule has 2 heterocycles. The summed E-state index contributed by atoms with van der Waals surface area (Å²) in [5.41, 5.74) is 2.50. The fraction of sp³-hybridized carbons (Fsp3) is 0.533. The lowest BCUT2D eigenvalue weighted by molar-refractivity contribution is 0.290. The second-order valence-electron chi connectivity index (χ2n) is 10.2. The standard InChI is InChI=1S/C30H40N2O8/c1-15(2)19-13-39-29(31-19)17-11-21(33-5)25(35-7)27(37-9)23(17)24-18(30-32-20(14-40-30)16(3)4)12-22(34-6)26(36-8)28(24)38-10/h11-12,15-16,19-20H,13-14H2,1-10H3/t19-,20-/m1/s1. The van der Waals surface area contributed by atoms with Crippen LogP contribution >= 0.6 is 0 Å². The first-order valence-electron chi connectivity index (χ1n) is 13.3. The van der Waals surface area contributed by atoms with E-state index in [0.717, 1.165) is 0 Å². The molecule has 10 heteroatoms. The Bertz CT molecular complexity index is 1200. The molecule has 40 heavy (non-hydrogen) atoms. The molecule has 2 aliphatic rings. The van der Waals surface area contributed by atoms with Crippen molar-refractivity contribution in [3.8, 4) is 45.6 Å². The van der Waals surface area contributed by atoms with Crippen molar-refractivity contribution in [2.45, 2.75) is 39.8 Å². The van der Waals surface area contributed by atoms with Crippen LogP contribution in [0, 0.1) is 11.8 Å². The van der Waals surface area contributed by atoms with Crippen LogP contribution in [0.15, 0.2) is 22.1 Å². The molecule has 0 aromatic heterocycles. The van der Waals surface area contributed by atoms with Crippen LogP contribution in [0.1, 0.15) is 38.8 Å². The molecule has 0 amide bonds. The summed E-state index contributed by atoms with van der Waals surface area (Å²) < 4.78 is 47.4. The summed E-state index contributed by atoms with van der Waals surface area (Å²) in [6.45, 7) is 9.40. The van der Waals surface area contributed by atoms with Gasteiger partial charge in [0.2, 0.25) is 23.3 Å². The number of hydrogen-bond donors (Lipinski definition) is 0. The van der Waals surface area contributed by atoms with E-state index in [0.29, 0.717) is 93.6 Å². The van der Waals surface area contributed by atoms with Crippen molar-refractivity contribution in [1.82, 2.24) is 0 Å². The molecule has 10 nitrogen and oxygen atoms in total. The zero-order valence-electron chi connectivity index (χ0n) is 25.0. The summed E-state index contributed by atoms with van der Waals surface area (Å²) in [4.78, 5) is 9.86. The van der Waals surface area contributed by atoms with E-state index in [-0.39, 0.29) is 12.1 Å². The predicted molar refractivity (Wildman–Crippen MR) is 153 cm³/mol. The van der Waals surface area contributed by atoms with E-state index in [4.69, 9.17) is 47.9 Å². The van der Waals surface area contributed by atoms with Crippen LogP contribution < -0.4 is 28.4 Å². The summed E-state index contributed by atoms with van der Waals surface area (Å²) in [7, 11) is 9.42. The maximum Gasteiger partial charge on any atom is 0.217 e. The van der Waals surface area contributed by atoms with E-state index in [1.165, 1.54) is 0 Å². The molecule has 218 valence electrons. The van der Waals surface area contributed by atoms with Gasteiger partial charge in [0.25, 0.3) is 0 Å². The van der Waals surface area contributed by atoms with Gasteiger partial charge in [0.15, 0.2) is 23.0 Å². The number of nitrogens with zero attached hydrogens (tertiary/aromatic N) is 2. The molecule has 0 aliphatic carbocycles. The predicted octanol–water partition coefficient (Wildman–Crippen LogP) is 5.01. The second-order valence-corrected chi connectivity index (χ2v) is 10.2. The molecular formula is C30H40N2O8. The molecule has 2 aliphatic heterocycles. The summed E-state index contributed by atoms with van der Waals surface area (Å²) >= 11 is 0. The van der Waals surface area contributed by atoms with Gasteiger partial charge in [0.1, 0.15) is 13.2 Å². The molecule has 0 N–H and O–H groups in total. The highest BCUT2D eigenvalue weighted by Gasteiger charge is 2.36. The highest BCUT2D eigenvalue weighted by atomic mass is 16.5. The number of aliphatic imine (C=N–C) groups is 2. The van der Waals surface area contributed by atoms with Crippen molar-refractivity contribution in [2.75, 3.05) is 55.9 Å². The van der Waals surface area contributed by atoms with Gasteiger partial charge in [0, 0.05) is 11.1 Å². The van der Waals surface area contributed by atoms with Crippen LogP contribution in [0.3, 0.4) is 0 Å². The monoisotopic (exact) mass is 556 g/mol. The van der Waals surface area contributed by atoms with Gasteiger partial charge in [-0.1, -0.05) is 27.7 Å². The van der Waals surface area contributed by atoms with Crippen molar-refractivity contribution in [2.24, 2.45) is 21.8 Å². The van der Waals surface area contributed by atoms with E-state index >= 15 is 0 Å². The molecule has 0 spiro atoms. The molecule has 0 saturated heterocycles. The molecule has 2 aromatic carbocycles. The van der Waals surface area contributed by atoms with Gasteiger partial charge in [-0.25, -0.2) is 9.98 Å². The molecule has 0 radical (unpaired) electrons. The Balaban J connectivity index is 2.17. The van der Waals surface area contributed by atoms with Crippen molar-refractivity contribution in [3.05, 3.63) is 23.3 Å². The van der Waals surface area contributed by atoms with E-state index in [2.05, 4.69) is 27.7 Å². The highest BCUT2D eigenvalue weighted by molar-refractivity contribution is 6.11. The maximum absolute atomic E-state index is 6.18. The first-order chi connectivity index (χ1) is 19.2. The minimum Gasteiger partial charge on any atom is -0.493 e. The SMILES string of the molecule is COc1cc(C2=N[C@@H](C(C)C)CO2)c(-c2c(C3=N[C@@H](C(C)C)CO3)cc(OC)c(OC)c2OC)c(OC)c1OC. The molecule has 0 unspecified atom stereocenters. The third-order valence-corrected chi connectivity index (χ3v) is 7.26. The number of ether oxygens (including phenoxy) is 8. The lowest BCUT2D eigenvalue weighted by atomic mass is 9.91. The molecular weight excluding hydrogens is 516 g/mol. The molecule has 0 bridgehead atoms. The van der Waals surface area contributed by atoms with E-state index < -0.39 is 0 Å². The maximum atomic E-state index is 6.18. The molecule has 2 atom stereocenters. The molecule has 0 saturated carbocycles. The smallest absolute Gasteiger partial charge is 0.217 e. The lowest BCUT2D eigenvalue weighted by Gasteiger charge is -2.24. The fourth-order valence-electron chi connectivity index (χ4n) is 4.90. The van der Waals surface area contributed by atoms with Crippen LogP contribution in [0.2, 0.25) is 0 Å². The minimum atomic E-state index is 0.00283. The van der Waals surface area contributed by atoms with Gasteiger partial charge in [-0.2, -0.15) is 0 Å². The number of hydrogen-bond acceptors (Lipinski definition) is 10. The first-order valence-corrected chi connectivity index (χ1v) is 13.3. The largest absolute Gasteiger partial charge is 0.493 e. The Hall–Kier alpha value is -3.82. The topological polar surface area (TPSA) is 98.6 Å². The minimum absolute atomic E-state index is 0.00283. The average molecular weight is 557 g/mol. The zero-order valence-corrected chi connectivity index (χ0v) is 25.0. The zero-order chi connectivity index (χ0) is 29.1. The Morgan fingerprint density at radius 3 is 1.18 bits per heavy atom. The van der Waals surface area contributed by atoms with Crippen LogP contribution in [0.25, 0.3) is 11.1 Å². The Kier molecular flexibility index (Phi) is 8.85. The third-order valence-electron chi connectivity index (χ3n) is 7.26. The molecule has 0 fully saturated rings. The number of rotatable bonds is 11. The molecule has 2 aromatic rings. The van der Waals surface area contributed by atoms with Crippen molar-refractivity contribution in [3.63, 3.8) is 0 Å². The fourth-order valence-corrected chi connectivity index (χ4v) is 4.90. The third kappa shape index (κ3) is 5.07. The Labute approximate surface area is 236 Å². The van der Waals surface area contributed by atoms with Crippen molar-refractivity contribution < 1.29 is 37.9 Å². The van der Waals surface area contributed by atoms with E-state index in [9.17, 15) is 0 Å². The van der Waals surface area contributed by atoms with Crippen molar-refractivity contribution in [1.29, 1.82) is 0 Å². The summed E-state index contributed by atoms with van der Waals surface area (Å²) in [5, 5.41) is 0. The number of methoxy groups -OCH3 is 6. The highest BCUT2D eigenvalue weighted by Crippen LogP contribution is 2.54. The van der Waals surface area contributed by atoms with Crippen LogP contribution in [0.5, 0.6) is 34.5 Å². The number of benzene rings is 2. The van der Waals surface area contributed by atoms with Gasteiger partial charge in [-0.3, -0.25) is 0 Å². The van der Waals surface area contributed by atoms with E-state index in [1.807, 2.05) is 12.1 Å². The summed E-state index contributed by atoms with van der Waals surface area (Å²) in [5.74, 6) is 4.06. The second kappa shape index (κ2) is 12.1. The summed E-state index contributed by atoms with van der Waals surface area (Å²) in [6, 6.07) is 3.68. The first kappa shape index (κ1) is 29.2. The lowest BCUT2D eigenvalue weighted by Crippen LogP contribution is -2.13. The van der Waals surface area contributed by atoms with Gasteiger partial charge in [-0.15, -0.1) is 0 Å². The van der Waals surface area contributed by atoms with Gasteiger partial charge in [0.05, 0.1) is 65.9 Å². The average Bonchev–Trinajstić information content (AvgIpc) is 3.65. The van der Waals surface area contributed by atoms with Crippen LogP contribution in [-0.4, -0.2) is 79.8 Å². The normalized spacial score (nSPS) is 18.2. The van der Waals surface area contributed by atoms with Gasteiger partial charge < -0.3 is 37.9 Å². The Morgan fingerprint density at radius 2 is 0.925 bits per heavy atom. The van der Waals surface area contributed by atoms with Crippen LogP contribution in [-0.2, 0) is 9.47 Å². The summed E-state index contributed by atoms with van der Waals surface area (Å²) in [6.07, 6.45) is 0. The van der Waals surface area contributed by atoms with E-state index in [1.54, 1.807) is 42.7 Å².